The third-order valence-corrected chi connectivity index (χ3v) is 1.73. The second-order valence-electron chi connectivity index (χ2n) is 2.46. The van der Waals surface area contributed by atoms with Gasteiger partial charge in [0.25, 0.3) is 0 Å². The molecule has 7 heavy (non-hydrogen) atoms. The van der Waals surface area contributed by atoms with E-state index in [2.05, 4.69) is 16.8 Å². The molecule has 0 saturated carbocycles. The predicted octanol–water partition coefficient (Wildman–Crippen LogP) is -0.427. The zero-order chi connectivity index (χ0) is 4.85. The third-order valence-electron chi connectivity index (χ3n) is 1.73. The van der Waals surface area contributed by atoms with E-state index in [0.717, 1.165) is 6.17 Å². The van der Waals surface area contributed by atoms with Crippen molar-refractivity contribution in [3.8, 4) is 0 Å². The Morgan fingerprint density at radius 1 is 1.43 bits per heavy atom. The Bertz CT molecular complexity index is 88.1. The Balaban J connectivity index is 1.88. The first-order valence-electron chi connectivity index (χ1n) is 2.82. The van der Waals surface area contributed by atoms with Crippen LogP contribution in [-0.2, 0) is 0 Å². The highest BCUT2D eigenvalue weighted by Gasteiger charge is 2.40. The summed E-state index contributed by atoms with van der Waals surface area (Å²) in [6.07, 6.45) is 0.847. The van der Waals surface area contributed by atoms with E-state index < -0.39 is 0 Å². The summed E-state index contributed by atoms with van der Waals surface area (Å²) in [5.41, 5.74) is 0. The molecule has 2 heterocycles. The molecule has 40 valence electrons. The van der Waals surface area contributed by atoms with E-state index >= 15 is 0 Å². The van der Waals surface area contributed by atoms with Gasteiger partial charge < -0.3 is 0 Å². The molecule has 0 aromatic heterocycles. The fourth-order valence-corrected chi connectivity index (χ4v) is 0.960. The molecular formula is C5H10N2. The van der Waals surface area contributed by atoms with Crippen molar-refractivity contribution in [1.82, 2.24) is 9.80 Å². The first kappa shape index (κ1) is 3.87. The van der Waals surface area contributed by atoms with E-state index in [9.17, 15) is 0 Å². The highest BCUT2D eigenvalue weighted by molar-refractivity contribution is 4.92. The molecule has 0 N–H and O–H groups in total. The number of hydrogen-bond acceptors (Lipinski definition) is 2. The molecule has 2 aliphatic heterocycles. The summed E-state index contributed by atoms with van der Waals surface area (Å²) in [4.78, 5) is 4.83. The van der Waals surface area contributed by atoms with Crippen molar-refractivity contribution in [3.63, 3.8) is 0 Å². The fraction of sp³-hybridized carbons (Fsp3) is 1.00. The van der Waals surface area contributed by atoms with Gasteiger partial charge in [-0.15, -0.1) is 0 Å². The molecule has 0 amide bonds. The molecule has 0 aromatic carbocycles. The summed E-state index contributed by atoms with van der Waals surface area (Å²) in [6, 6.07) is 0. The van der Waals surface area contributed by atoms with Gasteiger partial charge in [0.2, 0.25) is 0 Å². The van der Waals surface area contributed by atoms with Gasteiger partial charge in [-0.05, 0) is 7.05 Å². The third kappa shape index (κ3) is 0.545. The van der Waals surface area contributed by atoms with Crippen LogP contribution in [0.25, 0.3) is 0 Å². The lowest BCUT2D eigenvalue weighted by molar-refractivity contribution is 0.440. The van der Waals surface area contributed by atoms with Crippen LogP contribution in [0.5, 0.6) is 0 Å². The van der Waals surface area contributed by atoms with E-state index in [-0.39, 0.29) is 0 Å². The van der Waals surface area contributed by atoms with Crippen molar-refractivity contribution >= 4 is 0 Å². The first-order valence-corrected chi connectivity index (χ1v) is 2.82. The summed E-state index contributed by atoms with van der Waals surface area (Å²) in [6.45, 7) is 3.99. The summed E-state index contributed by atoms with van der Waals surface area (Å²) in [5, 5.41) is 0. The largest absolute Gasteiger partial charge is 0.287 e. The Morgan fingerprint density at radius 2 is 2.00 bits per heavy atom. The Labute approximate surface area is 43.7 Å². The Morgan fingerprint density at radius 3 is 2.14 bits per heavy atom. The topological polar surface area (TPSA) is 6.02 Å². The van der Waals surface area contributed by atoms with Crippen LogP contribution in [-0.4, -0.2) is 42.6 Å². The number of likely N-dealkylation sites (N-methyl/N-ethyl adjacent to an activating group) is 1. The minimum absolute atomic E-state index is 0.847. The van der Waals surface area contributed by atoms with E-state index in [0.29, 0.717) is 0 Å². The lowest BCUT2D eigenvalue weighted by Crippen LogP contribution is -2.05. The van der Waals surface area contributed by atoms with Crippen LogP contribution in [0.1, 0.15) is 0 Å². The maximum Gasteiger partial charge on any atom is 0.0753 e. The maximum atomic E-state index is 2.47. The van der Waals surface area contributed by atoms with Crippen molar-refractivity contribution in [2.45, 2.75) is 6.17 Å². The van der Waals surface area contributed by atoms with Gasteiger partial charge in [0.1, 0.15) is 0 Å². The van der Waals surface area contributed by atoms with Crippen LogP contribution in [0.4, 0.5) is 0 Å². The van der Waals surface area contributed by atoms with Gasteiger partial charge >= 0.3 is 0 Å². The Kier molecular flexibility index (Phi) is 0.557. The van der Waals surface area contributed by atoms with Crippen LogP contribution in [0, 0.1) is 0 Å². The second-order valence-corrected chi connectivity index (χ2v) is 2.46. The van der Waals surface area contributed by atoms with E-state index in [1.54, 1.807) is 0 Å². The number of nitrogens with zero attached hydrogens (tertiary/aromatic N) is 2. The van der Waals surface area contributed by atoms with Crippen molar-refractivity contribution in [2.75, 3.05) is 26.7 Å². The van der Waals surface area contributed by atoms with Gasteiger partial charge in [-0.2, -0.15) is 0 Å². The van der Waals surface area contributed by atoms with Crippen LogP contribution in [0.15, 0.2) is 0 Å². The van der Waals surface area contributed by atoms with Gasteiger partial charge in [-0.1, -0.05) is 0 Å². The molecule has 2 rings (SSSR count). The molecule has 2 saturated heterocycles. The summed E-state index contributed by atoms with van der Waals surface area (Å²) >= 11 is 0. The van der Waals surface area contributed by atoms with E-state index in [1.807, 2.05) is 0 Å². The average molecular weight is 98.1 g/mol. The molecule has 2 nitrogen and oxygen atoms in total. The van der Waals surface area contributed by atoms with Crippen molar-refractivity contribution < 1.29 is 0 Å². The first-order chi connectivity index (χ1) is 3.38. The quantitative estimate of drug-likeness (QED) is 0.411. The van der Waals surface area contributed by atoms with E-state index in [4.69, 9.17) is 0 Å². The molecule has 2 atom stereocenters. The van der Waals surface area contributed by atoms with Gasteiger partial charge in [-0.25, -0.2) is 0 Å². The fourth-order valence-electron chi connectivity index (χ4n) is 0.960. The molecule has 0 spiro atoms. The number of hydrogen-bond donors (Lipinski definition) is 0. The van der Waals surface area contributed by atoms with Crippen molar-refractivity contribution in [2.24, 2.45) is 0 Å². The van der Waals surface area contributed by atoms with Crippen molar-refractivity contribution in [1.29, 1.82) is 0 Å². The molecule has 0 aromatic rings. The normalized spacial score (nSPS) is 49.3. The lowest BCUT2D eigenvalue weighted by Gasteiger charge is -1.91. The smallest absolute Gasteiger partial charge is 0.0753 e. The zero-order valence-electron chi connectivity index (χ0n) is 4.59. The summed E-state index contributed by atoms with van der Waals surface area (Å²) in [5.74, 6) is 0. The second kappa shape index (κ2) is 1.01. The lowest BCUT2D eigenvalue weighted by atomic mass is 10.8. The highest BCUT2D eigenvalue weighted by atomic mass is 15.5. The van der Waals surface area contributed by atoms with Crippen molar-refractivity contribution in [3.05, 3.63) is 0 Å². The molecule has 0 radical (unpaired) electrons. The summed E-state index contributed by atoms with van der Waals surface area (Å²) < 4.78 is 0. The standard InChI is InChI=1S/C5H10N2/c1-6-4-5(6)7-2-3-7/h5H,2-4H2,1H3. The maximum absolute atomic E-state index is 2.47. The molecular weight excluding hydrogens is 88.1 g/mol. The summed E-state index contributed by atoms with van der Waals surface area (Å²) in [7, 11) is 2.17. The Hall–Kier alpha value is -0.0800. The molecule has 2 fully saturated rings. The van der Waals surface area contributed by atoms with Crippen LogP contribution < -0.4 is 0 Å². The van der Waals surface area contributed by atoms with Gasteiger partial charge in [0.05, 0.1) is 6.17 Å². The monoisotopic (exact) mass is 98.1 g/mol. The van der Waals surface area contributed by atoms with Gasteiger partial charge in [0, 0.05) is 19.6 Å². The molecule has 0 bridgehead atoms. The van der Waals surface area contributed by atoms with Gasteiger partial charge in [-0.3, -0.25) is 9.80 Å². The molecule has 2 aliphatic rings. The zero-order valence-corrected chi connectivity index (χ0v) is 4.59. The molecule has 0 aliphatic carbocycles. The highest BCUT2D eigenvalue weighted by Crippen LogP contribution is 2.23. The van der Waals surface area contributed by atoms with E-state index in [1.165, 1.54) is 19.6 Å². The van der Waals surface area contributed by atoms with Gasteiger partial charge in [0.15, 0.2) is 0 Å². The molecule has 2 heteroatoms. The minimum Gasteiger partial charge on any atom is -0.287 e. The SMILES string of the molecule is CN1CC1N1CC1. The predicted molar refractivity (Wildman–Crippen MR) is 28.0 cm³/mol. The van der Waals surface area contributed by atoms with Crippen LogP contribution in [0.2, 0.25) is 0 Å². The number of rotatable bonds is 1. The van der Waals surface area contributed by atoms with Crippen LogP contribution in [0.3, 0.4) is 0 Å². The minimum atomic E-state index is 0.847. The van der Waals surface area contributed by atoms with Crippen LogP contribution >= 0.6 is 0 Å². The average Bonchev–Trinajstić information content (AvgIpc) is 2.23. The molecule has 2 unspecified atom stereocenters.